The average Bonchev–Trinajstić information content (AvgIpc) is 2.88. The van der Waals surface area contributed by atoms with Crippen LogP contribution < -0.4 is 11.2 Å². The van der Waals surface area contributed by atoms with Crippen LogP contribution in [0.2, 0.25) is 0 Å². The predicted molar refractivity (Wildman–Crippen MR) is 89.5 cm³/mol. The number of aromatic amines is 2. The summed E-state index contributed by atoms with van der Waals surface area (Å²) < 4.78 is 5.37. The summed E-state index contributed by atoms with van der Waals surface area (Å²) >= 11 is 0. The number of nitrogens with one attached hydrogen (secondary N) is 2. The minimum Gasteiger partial charge on any atom is -0.394 e. The molecule has 3 rings (SSSR count). The second-order valence-corrected chi connectivity index (χ2v) is 5.20. The molecule has 0 aromatic carbocycles. The zero-order chi connectivity index (χ0) is 17.4. The molecule has 1 aliphatic rings. The molecule has 3 atom stereocenters. The van der Waals surface area contributed by atoms with E-state index in [1.165, 1.54) is 12.3 Å². The lowest BCUT2D eigenvalue weighted by molar-refractivity contribution is 0.0150. The van der Waals surface area contributed by atoms with Gasteiger partial charge in [-0.05, 0) is 25.3 Å². The third kappa shape index (κ3) is 5.61. The molecule has 0 amide bonds. The molecule has 0 radical (unpaired) electrons. The van der Waals surface area contributed by atoms with E-state index in [2.05, 4.69) is 28.8 Å². The highest BCUT2D eigenvalue weighted by atomic mass is 16.5. The van der Waals surface area contributed by atoms with Crippen LogP contribution >= 0.6 is 0 Å². The summed E-state index contributed by atoms with van der Waals surface area (Å²) in [6.45, 7) is 8.38. The van der Waals surface area contributed by atoms with Crippen molar-refractivity contribution >= 4 is 11.0 Å². The highest BCUT2D eigenvalue weighted by molar-refractivity contribution is 5.72. The molecule has 23 heavy (non-hydrogen) atoms. The summed E-state index contributed by atoms with van der Waals surface area (Å²) in [5.41, 5.74) is -0.309. The predicted octanol–water partition coefficient (Wildman–Crippen LogP) is 1.43. The molecule has 2 aromatic rings. The number of ether oxygens (including phenoxy) is 1. The van der Waals surface area contributed by atoms with Gasteiger partial charge in [-0.1, -0.05) is 20.8 Å². The first-order valence-electron chi connectivity index (χ1n) is 7.84. The highest BCUT2D eigenvalue weighted by Gasteiger charge is 2.27. The monoisotopic (exact) mass is 323 g/mol. The standard InChI is InChI=1S/C7H5N3O2.C7H14O2.C2H6/c11-5-2-1-4-3-8-7(12)10-6(4)9-5;1-5-3-7(4-8)9-6(5)2;1-2/h1-3H,(H2,8,9,10,11,12);5-8H,3-4H2,1-2H3;1-2H3/t;5-,6-,7-;/m.0./s1. The molecule has 0 saturated carbocycles. The molecule has 0 aliphatic carbocycles. The summed E-state index contributed by atoms with van der Waals surface area (Å²) in [5, 5.41) is 9.38. The van der Waals surface area contributed by atoms with E-state index in [1.807, 2.05) is 13.8 Å². The molecule has 0 bridgehead atoms. The molecule has 3 heterocycles. The number of H-pyrrole nitrogens is 2. The van der Waals surface area contributed by atoms with Crippen molar-refractivity contribution in [3.8, 4) is 0 Å². The van der Waals surface area contributed by atoms with Crippen LogP contribution in [0.5, 0.6) is 0 Å². The third-order valence-electron chi connectivity index (χ3n) is 3.55. The Morgan fingerprint density at radius 2 is 1.96 bits per heavy atom. The number of aromatic nitrogens is 3. The number of fused-ring (bicyclic) bond motifs is 1. The Hall–Kier alpha value is -1.99. The van der Waals surface area contributed by atoms with E-state index in [9.17, 15) is 9.59 Å². The first-order chi connectivity index (χ1) is 11.0. The molecule has 0 spiro atoms. The smallest absolute Gasteiger partial charge is 0.346 e. The minimum absolute atomic E-state index is 0.106. The van der Waals surface area contributed by atoms with Gasteiger partial charge >= 0.3 is 5.69 Å². The van der Waals surface area contributed by atoms with Crippen LogP contribution in [0.15, 0.2) is 27.9 Å². The Morgan fingerprint density at radius 3 is 2.48 bits per heavy atom. The molecule has 7 heteroatoms. The molecule has 128 valence electrons. The van der Waals surface area contributed by atoms with E-state index in [0.717, 1.165) is 6.42 Å². The lowest BCUT2D eigenvalue weighted by Gasteiger charge is -2.06. The van der Waals surface area contributed by atoms with Crippen molar-refractivity contribution in [2.75, 3.05) is 6.61 Å². The number of aliphatic hydroxyl groups excluding tert-OH is 1. The summed E-state index contributed by atoms with van der Waals surface area (Å²) in [6, 6.07) is 2.97. The maximum atomic E-state index is 10.8. The van der Waals surface area contributed by atoms with E-state index < -0.39 is 5.69 Å². The maximum Gasteiger partial charge on any atom is 0.346 e. The van der Waals surface area contributed by atoms with Crippen molar-refractivity contribution in [1.29, 1.82) is 0 Å². The van der Waals surface area contributed by atoms with Gasteiger partial charge in [-0.3, -0.25) is 9.78 Å². The maximum absolute atomic E-state index is 10.8. The Bertz CT molecular complexity index is 655. The summed E-state index contributed by atoms with van der Waals surface area (Å²) in [5.74, 6) is 0.613. The molecular formula is C16H25N3O4. The van der Waals surface area contributed by atoms with Crippen molar-refractivity contribution in [2.24, 2.45) is 5.92 Å². The second kappa shape index (κ2) is 9.22. The van der Waals surface area contributed by atoms with Gasteiger partial charge in [0.2, 0.25) is 5.56 Å². The summed E-state index contributed by atoms with van der Waals surface area (Å²) in [7, 11) is 0. The van der Waals surface area contributed by atoms with Crippen LogP contribution in [0.3, 0.4) is 0 Å². The van der Waals surface area contributed by atoms with Gasteiger partial charge in [0.1, 0.15) is 5.65 Å². The van der Waals surface area contributed by atoms with E-state index in [4.69, 9.17) is 9.84 Å². The Morgan fingerprint density at radius 1 is 1.26 bits per heavy atom. The molecule has 1 aliphatic heterocycles. The van der Waals surface area contributed by atoms with Gasteiger partial charge < -0.3 is 14.8 Å². The number of hydrogen-bond acceptors (Lipinski definition) is 5. The van der Waals surface area contributed by atoms with Crippen LogP contribution in [-0.4, -0.2) is 38.9 Å². The number of nitrogens with zero attached hydrogens (tertiary/aromatic N) is 1. The second-order valence-electron chi connectivity index (χ2n) is 5.20. The van der Waals surface area contributed by atoms with Crippen LogP contribution in [0.4, 0.5) is 0 Å². The zero-order valence-electron chi connectivity index (χ0n) is 14.0. The van der Waals surface area contributed by atoms with E-state index >= 15 is 0 Å². The van der Waals surface area contributed by atoms with Gasteiger partial charge in [0.15, 0.2) is 0 Å². The fourth-order valence-corrected chi connectivity index (χ4v) is 2.18. The molecular weight excluding hydrogens is 298 g/mol. The summed E-state index contributed by atoms with van der Waals surface area (Å²) in [4.78, 5) is 29.9. The van der Waals surface area contributed by atoms with Crippen molar-refractivity contribution in [1.82, 2.24) is 15.0 Å². The van der Waals surface area contributed by atoms with Crippen molar-refractivity contribution in [3.05, 3.63) is 39.2 Å². The first kappa shape index (κ1) is 19.1. The van der Waals surface area contributed by atoms with Gasteiger partial charge in [-0.2, -0.15) is 0 Å². The minimum atomic E-state index is -0.468. The molecule has 1 saturated heterocycles. The van der Waals surface area contributed by atoms with Gasteiger partial charge in [0.25, 0.3) is 0 Å². The molecule has 0 unspecified atom stereocenters. The molecule has 3 N–H and O–H groups in total. The Balaban J connectivity index is 0.000000215. The number of hydrogen-bond donors (Lipinski definition) is 3. The summed E-state index contributed by atoms with van der Waals surface area (Å²) in [6.07, 6.45) is 2.86. The van der Waals surface area contributed by atoms with Gasteiger partial charge in [0.05, 0.1) is 18.8 Å². The molecule has 2 aromatic heterocycles. The van der Waals surface area contributed by atoms with E-state index in [0.29, 0.717) is 23.1 Å². The highest BCUT2D eigenvalue weighted by Crippen LogP contribution is 2.24. The molecule has 7 nitrogen and oxygen atoms in total. The number of rotatable bonds is 1. The fraction of sp³-hybridized carbons (Fsp3) is 0.562. The number of pyridine rings is 1. The Labute approximate surface area is 134 Å². The van der Waals surface area contributed by atoms with Gasteiger partial charge in [-0.25, -0.2) is 9.78 Å². The molecule has 1 fully saturated rings. The largest absolute Gasteiger partial charge is 0.394 e. The normalized spacial score (nSPS) is 22.7. The lowest BCUT2D eigenvalue weighted by Crippen LogP contribution is -2.12. The lowest BCUT2D eigenvalue weighted by atomic mass is 10.0. The van der Waals surface area contributed by atoms with Crippen molar-refractivity contribution < 1.29 is 9.84 Å². The first-order valence-corrected chi connectivity index (χ1v) is 7.84. The third-order valence-corrected chi connectivity index (χ3v) is 3.55. The van der Waals surface area contributed by atoms with E-state index in [-0.39, 0.29) is 18.3 Å². The van der Waals surface area contributed by atoms with Crippen LogP contribution in [0, 0.1) is 5.92 Å². The van der Waals surface area contributed by atoms with E-state index in [1.54, 1.807) is 6.07 Å². The van der Waals surface area contributed by atoms with Crippen LogP contribution in [0.1, 0.15) is 34.1 Å². The van der Waals surface area contributed by atoms with Crippen molar-refractivity contribution in [2.45, 2.75) is 46.3 Å². The van der Waals surface area contributed by atoms with Crippen molar-refractivity contribution in [3.63, 3.8) is 0 Å². The Kier molecular flexibility index (Phi) is 7.64. The topological polar surface area (TPSA) is 108 Å². The van der Waals surface area contributed by atoms with Gasteiger partial charge in [-0.15, -0.1) is 0 Å². The van der Waals surface area contributed by atoms with Crippen LogP contribution in [-0.2, 0) is 4.74 Å². The quantitative estimate of drug-likeness (QED) is 0.736. The van der Waals surface area contributed by atoms with Gasteiger partial charge in [0, 0.05) is 17.6 Å². The van der Waals surface area contributed by atoms with Crippen LogP contribution in [0.25, 0.3) is 11.0 Å². The average molecular weight is 323 g/mol. The SMILES string of the molecule is CC.C[C@@H]1O[C@H](CO)C[C@@H]1C.O=c1ccc2cnc(=O)[nH]c2[nH]1. The zero-order valence-corrected chi connectivity index (χ0v) is 14.0. The fourth-order valence-electron chi connectivity index (χ4n) is 2.18. The number of aliphatic hydroxyl groups is 1.